The minimum Gasteiger partial charge on any atom is -0.487 e. The minimum atomic E-state index is -5.02. The lowest BCUT2D eigenvalue weighted by Gasteiger charge is -2.27. The van der Waals surface area contributed by atoms with Crippen molar-refractivity contribution < 1.29 is 35.9 Å². The molecule has 2 heterocycles. The summed E-state index contributed by atoms with van der Waals surface area (Å²) < 4.78 is 72.9. The van der Waals surface area contributed by atoms with Crippen molar-refractivity contribution in [1.82, 2.24) is 8.83 Å². The number of carbonyl (C=O) groups is 2. The predicted molar refractivity (Wildman–Crippen MR) is 211 cm³/mol. The van der Waals surface area contributed by atoms with Crippen LogP contribution in [0.15, 0.2) is 130 Å². The van der Waals surface area contributed by atoms with Gasteiger partial charge in [-0.1, -0.05) is 105 Å². The molecule has 274 valence electrons. The molecule has 0 saturated carbocycles. The summed E-state index contributed by atoms with van der Waals surface area (Å²) in [5.41, 5.74) is 1.60. The molecule has 6 aromatic carbocycles. The molecule has 0 N–H and O–H groups in total. The van der Waals surface area contributed by atoms with Crippen LogP contribution in [0.3, 0.4) is 0 Å². The number of nitrogens with zero attached hydrogens (tertiary/aromatic N) is 4. The lowest BCUT2D eigenvalue weighted by Crippen LogP contribution is -2.51. The number of hydrogen-bond acceptors (Lipinski definition) is 8. The highest BCUT2D eigenvalue weighted by atomic mass is 79.9. The molecule has 0 bridgehead atoms. The molecule has 2 fully saturated rings. The van der Waals surface area contributed by atoms with Crippen LogP contribution in [0.25, 0.3) is 21.5 Å². The van der Waals surface area contributed by atoms with E-state index in [0.717, 1.165) is 39.5 Å². The Morgan fingerprint density at radius 1 is 0.500 bits per heavy atom. The quantitative estimate of drug-likeness (QED) is 0.151. The highest BCUT2D eigenvalue weighted by Crippen LogP contribution is 2.43. The van der Waals surface area contributed by atoms with Gasteiger partial charge in [0.15, 0.2) is 0 Å². The molecule has 0 radical (unpaired) electrons. The number of hydrazine groups is 1. The third-order valence-corrected chi connectivity index (χ3v) is 13.4. The van der Waals surface area contributed by atoms with Crippen molar-refractivity contribution in [1.29, 1.82) is 0 Å². The Morgan fingerprint density at radius 3 is 1.28 bits per heavy atom. The molecule has 16 heteroatoms. The smallest absolute Gasteiger partial charge is 0.348 e. The highest BCUT2D eigenvalue weighted by Gasteiger charge is 2.57. The highest BCUT2D eigenvalue weighted by molar-refractivity contribution is 9.10. The maximum atomic E-state index is 14.4. The number of hydrogen-bond donors (Lipinski definition) is 0. The number of ether oxygens (including phenoxy) is 2. The summed E-state index contributed by atoms with van der Waals surface area (Å²) in [6, 6.07) is 35.7. The summed E-state index contributed by atoms with van der Waals surface area (Å²) in [4.78, 5) is 27.5. The lowest BCUT2D eigenvalue weighted by molar-refractivity contribution is -0.140. The molecule has 0 unspecified atom stereocenters. The van der Waals surface area contributed by atoms with Crippen LogP contribution in [0, 0.1) is 0 Å². The summed E-state index contributed by atoms with van der Waals surface area (Å²) in [6.45, 7) is -1.44. The Kier molecular flexibility index (Phi) is 9.24. The first-order chi connectivity index (χ1) is 25.9. The number of benzene rings is 6. The van der Waals surface area contributed by atoms with Crippen LogP contribution >= 0.6 is 31.9 Å². The molecular formula is C38H28Br2N4O8S2. The number of fused-ring (bicyclic) bond motifs is 2. The first-order valence-corrected chi connectivity index (χ1v) is 20.8. The Balaban J connectivity index is 1.17. The van der Waals surface area contributed by atoms with Crippen molar-refractivity contribution in [3.05, 3.63) is 141 Å². The van der Waals surface area contributed by atoms with Crippen LogP contribution in [0.5, 0.6) is 11.5 Å². The molecular weight excluding hydrogens is 864 g/mol. The summed E-state index contributed by atoms with van der Waals surface area (Å²) in [5.74, 6) is -2.04. The largest absolute Gasteiger partial charge is 0.487 e. The zero-order chi connectivity index (χ0) is 37.8. The van der Waals surface area contributed by atoms with Gasteiger partial charge in [0.2, 0.25) is 0 Å². The van der Waals surface area contributed by atoms with E-state index in [2.05, 4.69) is 31.9 Å². The van der Waals surface area contributed by atoms with Gasteiger partial charge < -0.3 is 9.47 Å². The monoisotopic (exact) mass is 890 g/mol. The summed E-state index contributed by atoms with van der Waals surface area (Å²) in [7, 11) is -10.0. The van der Waals surface area contributed by atoms with Crippen LogP contribution in [-0.2, 0) is 43.2 Å². The van der Waals surface area contributed by atoms with Gasteiger partial charge in [0, 0.05) is 8.95 Å². The molecule has 2 aliphatic rings. The molecule has 0 aromatic heterocycles. The van der Waals surface area contributed by atoms with Gasteiger partial charge >= 0.3 is 20.4 Å². The van der Waals surface area contributed by atoms with E-state index in [1.165, 1.54) is 0 Å². The fraction of sp³-hybridized carbons (Fsp3) is 0.105. The SMILES string of the molecule is O=C1CN(c2cc3cc(Br)ccc3cc2OCc2ccccc2)S(=O)(=O)N1N1C(=O)CN(c2cc3cc(Br)ccc3cc2OCc2ccccc2)S1(=O)=O. The Morgan fingerprint density at radius 2 is 0.889 bits per heavy atom. The van der Waals surface area contributed by atoms with E-state index >= 15 is 0 Å². The van der Waals surface area contributed by atoms with Crippen LogP contribution in [0.4, 0.5) is 11.4 Å². The molecule has 8 rings (SSSR count). The first kappa shape index (κ1) is 35.8. The standard InChI is InChI=1S/C38H28Br2N4O8S2/c39-31-13-11-27-19-35(51-23-25-7-3-1-4-8-25)33(17-29(27)15-31)41-21-37(45)43(53(41,47)48)44-38(46)22-42(54(44,49)50)34-18-30-16-32(40)14-12-28(30)20-36(34)52-24-26-9-5-2-6-10-26/h1-20H,21-24H2. The zero-order valence-electron chi connectivity index (χ0n) is 28.0. The van der Waals surface area contributed by atoms with E-state index in [9.17, 15) is 26.4 Å². The molecule has 0 spiro atoms. The van der Waals surface area contributed by atoms with E-state index in [-0.39, 0.29) is 44.9 Å². The van der Waals surface area contributed by atoms with Gasteiger partial charge in [0.1, 0.15) is 37.8 Å². The molecule has 0 atom stereocenters. The topological polar surface area (TPSA) is 134 Å². The maximum absolute atomic E-state index is 14.4. The third-order valence-electron chi connectivity index (χ3n) is 8.92. The van der Waals surface area contributed by atoms with E-state index < -0.39 is 45.3 Å². The lowest BCUT2D eigenvalue weighted by atomic mass is 10.1. The van der Waals surface area contributed by atoms with Gasteiger partial charge in [-0.05, 0) is 81.2 Å². The van der Waals surface area contributed by atoms with Crippen molar-refractivity contribution in [2.24, 2.45) is 0 Å². The molecule has 2 saturated heterocycles. The Hall–Kier alpha value is -5.16. The molecule has 2 amide bonds. The molecule has 0 aliphatic carbocycles. The average molecular weight is 893 g/mol. The number of amides is 2. The van der Waals surface area contributed by atoms with Gasteiger partial charge in [0.05, 0.1) is 11.4 Å². The van der Waals surface area contributed by atoms with Crippen LogP contribution in [-0.4, -0.2) is 50.6 Å². The number of carbonyl (C=O) groups excluding carboxylic acids is 2. The van der Waals surface area contributed by atoms with Crippen molar-refractivity contribution >= 4 is 97.0 Å². The summed E-state index contributed by atoms with van der Waals surface area (Å²) in [6.07, 6.45) is 0. The van der Waals surface area contributed by atoms with Gasteiger partial charge in [-0.25, -0.2) is 8.61 Å². The second-order valence-corrected chi connectivity index (χ2v) is 17.7. The van der Waals surface area contributed by atoms with Crippen LogP contribution in [0.1, 0.15) is 11.1 Å². The van der Waals surface area contributed by atoms with Crippen LogP contribution < -0.4 is 18.1 Å². The van der Waals surface area contributed by atoms with E-state index in [1.54, 1.807) is 36.4 Å². The second-order valence-electron chi connectivity index (χ2n) is 12.5. The Labute approximate surface area is 327 Å². The molecule has 2 aliphatic heterocycles. The van der Waals surface area contributed by atoms with Gasteiger partial charge in [-0.2, -0.15) is 16.8 Å². The van der Waals surface area contributed by atoms with Gasteiger partial charge in [-0.3, -0.25) is 9.59 Å². The van der Waals surface area contributed by atoms with E-state index in [1.807, 2.05) is 84.9 Å². The molecule has 54 heavy (non-hydrogen) atoms. The molecule has 12 nitrogen and oxygen atoms in total. The predicted octanol–water partition coefficient (Wildman–Crippen LogP) is 7.08. The second kappa shape index (κ2) is 13.9. The fourth-order valence-corrected chi connectivity index (χ4v) is 10.5. The number of halogens is 2. The van der Waals surface area contributed by atoms with Gasteiger partial charge in [0.25, 0.3) is 11.8 Å². The Bertz CT molecular complexity index is 2520. The van der Waals surface area contributed by atoms with Crippen molar-refractivity contribution in [3.8, 4) is 11.5 Å². The van der Waals surface area contributed by atoms with E-state index in [0.29, 0.717) is 10.8 Å². The van der Waals surface area contributed by atoms with Crippen molar-refractivity contribution in [2.75, 3.05) is 21.7 Å². The zero-order valence-corrected chi connectivity index (χ0v) is 32.8. The summed E-state index contributed by atoms with van der Waals surface area (Å²) in [5, 5.41) is 2.69. The number of anilines is 2. The van der Waals surface area contributed by atoms with Crippen LogP contribution in [0.2, 0.25) is 0 Å². The van der Waals surface area contributed by atoms with E-state index in [4.69, 9.17) is 9.47 Å². The van der Waals surface area contributed by atoms with Gasteiger partial charge in [-0.15, -0.1) is 8.83 Å². The maximum Gasteiger partial charge on any atom is 0.348 e. The third kappa shape index (κ3) is 6.52. The first-order valence-electron chi connectivity index (χ1n) is 16.4. The normalized spacial score (nSPS) is 16.5. The fourth-order valence-electron chi connectivity index (χ4n) is 6.35. The average Bonchev–Trinajstić information content (AvgIpc) is 3.53. The summed E-state index contributed by atoms with van der Waals surface area (Å²) >= 11 is 6.88. The number of rotatable bonds is 9. The minimum absolute atomic E-state index is 0.00927. The van der Waals surface area contributed by atoms with Crippen molar-refractivity contribution in [3.63, 3.8) is 0 Å². The molecule has 6 aromatic rings. The van der Waals surface area contributed by atoms with Crippen molar-refractivity contribution in [2.45, 2.75) is 13.2 Å².